The summed E-state index contributed by atoms with van der Waals surface area (Å²) in [5, 5.41) is 9.36. The molecule has 142 valence electrons. The van der Waals surface area contributed by atoms with Gasteiger partial charge in [0, 0.05) is 12.4 Å². The van der Waals surface area contributed by atoms with Gasteiger partial charge in [-0.05, 0) is 85.3 Å². The Kier molecular flexibility index (Phi) is 5.42. The monoisotopic (exact) mass is 365 g/mol. The molecule has 0 aliphatic heterocycles. The van der Waals surface area contributed by atoms with E-state index >= 15 is 0 Å². The zero-order chi connectivity index (χ0) is 18.6. The van der Waals surface area contributed by atoms with E-state index < -0.39 is 5.97 Å². The molecule has 1 N–H and O–H groups in total. The van der Waals surface area contributed by atoms with Crippen LogP contribution in [0.2, 0.25) is 0 Å². The van der Waals surface area contributed by atoms with Crippen LogP contribution in [0.1, 0.15) is 71.5 Å². The zero-order valence-electron chi connectivity index (χ0n) is 15.7. The lowest BCUT2D eigenvalue weighted by molar-refractivity contribution is 0.0695. The molecule has 0 saturated heterocycles. The number of carbonyl (C=O) groups is 1. The van der Waals surface area contributed by atoms with Crippen molar-refractivity contribution < 1.29 is 14.6 Å². The van der Waals surface area contributed by atoms with Crippen LogP contribution in [0, 0.1) is 5.92 Å². The third-order valence-electron chi connectivity index (χ3n) is 5.94. The Bertz CT molecular complexity index is 813. The molecule has 27 heavy (non-hydrogen) atoms. The molecule has 0 amide bonds. The molecule has 2 aliphatic rings. The fourth-order valence-electron chi connectivity index (χ4n) is 4.20. The molecule has 1 atom stereocenters. The predicted octanol–water partition coefficient (Wildman–Crippen LogP) is 5.01. The van der Waals surface area contributed by atoms with Gasteiger partial charge in [0.05, 0.1) is 12.2 Å². The van der Waals surface area contributed by atoms with Crippen molar-refractivity contribution in [3.8, 4) is 5.75 Å². The Hall–Kier alpha value is -2.36. The Labute approximate surface area is 160 Å². The van der Waals surface area contributed by atoms with Crippen LogP contribution < -0.4 is 4.74 Å². The Morgan fingerprint density at radius 2 is 2.07 bits per heavy atom. The van der Waals surface area contributed by atoms with Gasteiger partial charge in [0.25, 0.3) is 0 Å². The van der Waals surface area contributed by atoms with Crippen molar-refractivity contribution in [3.05, 3.63) is 58.9 Å². The number of fused-ring (bicyclic) bond motifs is 1. The molecule has 1 aromatic carbocycles. The summed E-state index contributed by atoms with van der Waals surface area (Å²) in [5.74, 6) is 1.51. The van der Waals surface area contributed by atoms with Crippen LogP contribution in [0.15, 0.2) is 36.7 Å². The van der Waals surface area contributed by atoms with Crippen molar-refractivity contribution in [1.82, 2.24) is 4.98 Å². The number of hydrogen-bond acceptors (Lipinski definition) is 3. The van der Waals surface area contributed by atoms with Gasteiger partial charge in [-0.25, -0.2) is 4.79 Å². The topological polar surface area (TPSA) is 59.4 Å². The van der Waals surface area contributed by atoms with E-state index in [0.717, 1.165) is 49.5 Å². The molecule has 0 unspecified atom stereocenters. The van der Waals surface area contributed by atoms with Crippen molar-refractivity contribution in [2.24, 2.45) is 5.92 Å². The lowest BCUT2D eigenvalue weighted by Crippen LogP contribution is -2.12. The molecule has 0 bridgehead atoms. The first-order chi connectivity index (χ1) is 13.2. The summed E-state index contributed by atoms with van der Waals surface area (Å²) in [6.45, 7) is 0.825. The Morgan fingerprint density at radius 3 is 2.89 bits per heavy atom. The average molecular weight is 365 g/mol. The molecule has 4 rings (SSSR count). The van der Waals surface area contributed by atoms with Gasteiger partial charge in [0.15, 0.2) is 0 Å². The van der Waals surface area contributed by atoms with Gasteiger partial charge in [0.1, 0.15) is 5.75 Å². The van der Waals surface area contributed by atoms with Gasteiger partial charge in [-0.15, -0.1) is 0 Å². The second-order valence-electron chi connectivity index (χ2n) is 7.91. The fraction of sp³-hybridized carbons (Fsp3) is 0.478. The molecule has 4 heteroatoms. The molecular weight excluding hydrogens is 338 g/mol. The van der Waals surface area contributed by atoms with Gasteiger partial charge in [-0.2, -0.15) is 0 Å². The number of pyridine rings is 1. The van der Waals surface area contributed by atoms with Crippen molar-refractivity contribution in [1.29, 1.82) is 0 Å². The summed E-state index contributed by atoms with van der Waals surface area (Å²) in [4.78, 5) is 15.5. The summed E-state index contributed by atoms with van der Waals surface area (Å²) in [5.41, 5.74) is 4.02. The molecule has 2 aromatic rings. The summed E-state index contributed by atoms with van der Waals surface area (Å²) < 4.78 is 5.96. The molecule has 1 aromatic heterocycles. The van der Waals surface area contributed by atoms with Gasteiger partial charge in [-0.3, -0.25) is 4.98 Å². The molecule has 1 heterocycles. The summed E-state index contributed by atoms with van der Waals surface area (Å²) in [6, 6.07) is 8.16. The Morgan fingerprint density at radius 1 is 1.19 bits per heavy atom. The van der Waals surface area contributed by atoms with Crippen LogP contribution >= 0.6 is 0 Å². The van der Waals surface area contributed by atoms with E-state index in [-0.39, 0.29) is 0 Å². The van der Waals surface area contributed by atoms with Crippen LogP contribution in [-0.2, 0) is 12.8 Å². The van der Waals surface area contributed by atoms with Gasteiger partial charge in [0.2, 0.25) is 0 Å². The minimum atomic E-state index is -0.871. The first-order valence-corrected chi connectivity index (χ1v) is 10.1. The van der Waals surface area contributed by atoms with E-state index in [4.69, 9.17) is 4.74 Å². The summed E-state index contributed by atoms with van der Waals surface area (Å²) in [7, 11) is 0. The fourth-order valence-corrected chi connectivity index (χ4v) is 4.20. The highest BCUT2D eigenvalue weighted by Gasteiger charge is 2.23. The molecule has 1 fully saturated rings. The van der Waals surface area contributed by atoms with Crippen LogP contribution in [0.3, 0.4) is 0 Å². The second-order valence-corrected chi connectivity index (χ2v) is 7.91. The number of nitrogens with zero attached hydrogens (tertiary/aromatic N) is 1. The van der Waals surface area contributed by atoms with Crippen LogP contribution in [0.25, 0.3) is 0 Å². The minimum absolute atomic E-state index is 0.375. The highest BCUT2D eigenvalue weighted by atomic mass is 16.5. The normalized spacial score (nSPS) is 18.7. The number of aromatic carboxylic acids is 1. The number of carboxylic acids is 1. The number of benzene rings is 1. The third kappa shape index (κ3) is 4.49. The van der Waals surface area contributed by atoms with Crippen LogP contribution in [0.5, 0.6) is 5.75 Å². The second kappa shape index (κ2) is 8.12. The highest BCUT2D eigenvalue weighted by Crippen LogP contribution is 2.37. The minimum Gasteiger partial charge on any atom is -0.494 e. The first-order valence-electron chi connectivity index (χ1n) is 10.1. The number of rotatable bonds is 8. The maximum Gasteiger partial charge on any atom is 0.336 e. The first kappa shape index (κ1) is 18.0. The summed E-state index contributed by atoms with van der Waals surface area (Å²) >= 11 is 0. The summed E-state index contributed by atoms with van der Waals surface area (Å²) in [6.07, 6.45) is 12.3. The van der Waals surface area contributed by atoms with Crippen LogP contribution in [0.4, 0.5) is 0 Å². The molecule has 0 spiro atoms. The van der Waals surface area contributed by atoms with Gasteiger partial charge < -0.3 is 9.84 Å². The molecule has 1 saturated carbocycles. The average Bonchev–Trinajstić information content (AvgIpc) is 3.50. The lowest BCUT2D eigenvalue weighted by atomic mass is 9.79. The van der Waals surface area contributed by atoms with E-state index in [2.05, 4.69) is 23.2 Å². The largest absolute Gasteiger partial charge is 0.494 e. The lowest BCUT2D eigenvalue weighted by Gasteiger charge is -2.26. The highest BCUT2D eigenvalue weighted by molar-refractivity contribution is 5.89. The van der Waals surface area contributed by atoms with E-state index in [1.54, 1.807) is 18.5 Å². The van der Waals surface area contributed by atoms with Crippen molar-refractivity contribution in [3.63, 3.8) is 0 Å². The van der Waals surface area contributed by atoms with E-state index in [1.165, 1.54) is 36.8 Å². The quantitative estimate of drug-likeness (QED) is 0.714. The van der Waals surface area contributed by atoms with Gasteiger partial charge >= 0.3 is 5.97 Å². The maximum atomic E-state index is 11.4. The van der Waals surface area contributed by atoms with Crippen LogP contribution in [-0.4, -0.2) is 22.7 Å². The SMILES string of the molecule is O=C(O)c1ccncc1CC[C@@H]1CCCc2cc(OCCC3CC3)ccc21. The molecule has 2 aliphatic carbocycles. The zero-order valence-corrected chi connectivity index (χ0v) is 15.7. The maximum absolute atomic E-state index is 11.4. The molecular formula is C23H27NO3. The van der Waals surface area contributed by atoms with E-state index in [9.17, 15) is 9.90 Å². The molecule has 4 nitrogen and oxygen atoms in total. The predicted molar refractivity (Wildman–Crippen MR) is 104 cm³/mol. The van der Waals surface area contributed by atoms with E-state index in [1.807, 2.05) is 0 Å². The van der Waals surface area contributed by atoms with Crippen molar-refractivity contribution in [2.45, 2.75) is 57.3 Å². The van der Waals surface area contributed by atoms with E-state index in [0.29, 0.717) is 11.5 Å². The third-order valence-corrected chi connectivity index (χ3v) is 5.94. The Balaban J connectivity index is 1.41. The number of carboxylic acid groups (broad SMARTS) is 1. The molecule has 0 radical (unpaired) electrons. The smallest absolute Gasteiger partial charge is 0.336 e. The van der Waals surface area contributed by atoms with Gasteiger partial charge in [-0.1, -0.05) is 18.9 Å². The van der Waals surface area contributed by atoms with Crippen molar-refractivity contribution in [2.75, 3.05) is 6.61 Å². The number of ether oxygens (including phenoxy) is 1. The number of aryl methyl sites for hydroxylation is 2. The van der Waals surface area contributed by atoms with Crippen molar-refractivity contribution >= 4 is 5.97 Å². The standard InChI is InChI=1S/C23H27NO3/c25-23(26)22-10-12-24-15-19(22)7-6-17-2-1-3-18-14-20(8-9-21(17)18)27-13-11-16-4-5-16/h8-10,12,14-17H,1-7,11,13H2,(H,25,26)/t17-/m0/s1. The number of hydrogen-bond donors (Lipinski definition) is 1. The number of aromatic nitrogens is 1.